The number of rotatable bonds is 5. The molecule has 94 valence electrons. The number of hydroxylamine groups is 1. The number of carbonyl (C=O) groups excluding carboxylic acids is 1. The molecule has 1 amide bonds. The van der Waals surface area contributed by atoms with Crippen molar-refractivity contribution in [1.82, 2.24) is 10.0 Å². The monoisotopic (exact) mass is 266 g/mol. The fourth-order valence-corrected chi connectivity index (χ4v) is 2.16. The lowest BCUT2D eigenvalue weighted by Crippen LogP contribution is -2.26. The molecule has 18 heavy (non-hydrogen) atoms. The Morgan fingerprint density at radius 1 is 1.39 bits per heavy atom. The minimum Gasteiger partial charge on any atom is -0.479 e. The number of hydrogen-bond donors (Lipinski definition) is 2. The summed E-state index contributed by atoms with van der Waals surface area (Å²) in [7, 11) is 0. The summed E-state index contributed by atoms with van der Waals surface area (Å²) in [6.07, 6.45) is 3.63. The number of carboxylic acid groups (broad SMARTS) is 1. The SMILES string of the molecule is O=C(O)CONC(=O)c1sccc1-n1cccc1. The van der Waals surface area contributed by atoms with Crippen molar-refractivity contribution >= 4 is 23.2 Å². The average Bonchev–Trinajstić information content (AvgIpc) is 2.99. The number of amides is 1. The highest BCUT2D eigenvalue weighted by atomic mass is 32.1. The Bertz CT molecular complexity index is 547. The van der Waals surface area contributed by atoms with Crippen molar-refractivity contribution in [2.24, 2.45) is 0 Å². The van der Waals surface area contributed by atoms with Crippen LogP contribution in [0.3, 0.4) is 0 Å². The normalized spacial score (nSPS) is 10.2. The molecule has 2 rings (SSSR count). The van der Waals surface area contributed by atoms with Crippen LogP contribution in [-0.4, -0.2) is 28.2 Å². The molecule has 0 saturated carbocycles. The molecule has 0 bridgehead atoms. The molecule has 0 aliphatic rings. The van der Waals surface area contributed by atoms with Gasteiger partial charge in [-0.15, -0.1) is 11.3 Å². The van der Waals surface area contributed by atoms with E-state index in [0.717, 1.165) is 5.69 Å². The highest BCUT2D eigenvalue weighted by Gasteiger charge is 2.14. The van der Waals surface area contributed by atoms with Gasteiger partial charge in [-0.2, -0.15) is 0 Å². The molecule has 6 nitrogen and oxygen atoms in total. The fraction of sp³-hybridized carbons (Fsp3) is 0.0909. The third kappa shape index (κ3) is 2.76. The summed E-state index contributed by atoms with van der Waals surface area (Å²) in [5.74, 6) is -1.61. The molecule has 0 aliphatic carbocycles. The Hall–Kier alpha value is -2.12. The zero-order chi connectivity index (χ0) is 13.0. The van der Waals surface area contributed by atoms with Crippen molar-refractivity contribution in [1.29, 1.82) is 0 Å². The Kier molecular flexibility index (Phi) is 3.75. The van der Waals surface area contributed by atoms with Crippen molar-refractivity contribution in [3.05, 3.63) is 40.8 Å². The van der Waals surface area contributed by atoms with Crippen molar-refractivity contribution in [3.63, 3.8) is 0 Å². The molecule has 2 heterocycles. The van der Waals surface area contributed by atoms with E-state index in [1.54, 1.807) is 16.0 Å². The number of hydrogen-bond acceptors (Lipinski definition) is 4. The first kappa shape index (κ1) is 12.3. The topological polar surface area (TPSA) is 80.6 Å². The first-order chi connectivity index (χ1) is 8.68. The molecule has 0 fully saturated rings. The second kappa shape index (κ2) is 5.48. The van der Waals surface area contributed by atoms with Crippen LogP contribution < -0.4 is 5.48 Å². The molecule has 0 saturated heterocycles. The molecule has 0 aromatic carbocycles. The number of carboxylic acids is 1. The van der Waals surface area contributed by atoms with Crippen molar-refractivity contribution in [2.75, 3.05) is 6.61 Å². The van der Waals surface area contributed by atoms with Gasteiger partial charge in [0.25, 0.3) is 5.91 Å². The van der Waals surface area contributed by atoms with Crippen molar-refractivity contribution in [3.8, 4) is 5.69 Å². The van der Waals surface area contributed by atoms with Gasteiger partial charge in [-0.25, -0.2) is 10.3 Å². The van der Waals surface area contributed by atoms with Gasteiger partial charge in [0.1, 0.15) is 4.88 Å². The van der Waals surface area contributed by atoms with E-state index in [2.05, 4.69) is 10.3 Å². The van der Waals surface area contributed by atoms with E-state index >= 15 is 0 Å². The lowest BCUT2D eigenvalue weighted by molar-refractivity contribution is -0.144. The summed E-state index contributed by atoms with van der Waals surface area (Å²) < 4.78 is 1.79. The van der Waals surface area contributed by atoms with Gasteiger partial charge in [0.05, 0.1) is 5.69 Å². The molecular weight excluding hydrogens is 256 g/mol. The van der Waals surface area contributed by atoms with E-state index in [9.17, 15) is 9.59 Å². The minimum atomic E-state index is -1.15. The minimum absolute atomic E-state index is 0.455. The Balaban J connectivity index is 2.07. The van der Waals surface area contributed by atoms with Crippen LogP contribution in [0, 0.1) is 0 Å². The average molecular weight is 266 g/mol. The summed E-state index contributed by atoms with van der Waals surface area (Å²) in [5.41, 5.74) is 2.82. The number of nitrogens with one attached hydrogen (secondary N) is 1. The smallest absolute Gasteiger partial charge is 0.332 e. The maximum Gasteiger partial charge on any atom is 0.332 e. The quantitative estimate of drug-likeness (QED) is 0.799. The highest BCUT2D eigenvalue weighted by molar-refractivity contribution is 7.12. The standard InChI is InChI=1S/C11H10N2O4S/c14-9(15)7-17-12-11(16)10-8(3-6-18-10)13-4-1-2-5-13/h1-6H,7H2,(H,12,16)(H,14,15). The first-order valence-electron chi connectivity index (χ1n) is 5.03. The van der Waals surface area contributed by atoms with Crippen LogP contribution >= 0.6 is 11.3 Å². The molecular formula is C11H10N2O4S. The summed E-state index contributed by atoms with van der Waals surface area (Å²) in [6.45, 7) is -0.573. The third-order valence-electron chi connectivity index (χ3n) is 2.09. The highest BCUT2D eigenvalue weighted by Crippen LogP contribution is 2.21. The Labute approximate surface area is 106 Å². The number of thiophene rings is 1. The molecule has 0 aliphatic heterocycles. The van der Waals surface area contributed by atoms with Crippen LogP contribution in [0.25, 0.3) is 5.69 Å². The van der Waals surface area contributed by atoms with Crippen LogP contribution in [0.4, 0.5) is 0 Å². The van der Waals surface area contributed by atoms with Gasteiger partial charge in [-0.3, -0.25) is 9.63 Å². The molecule has 2 N–H and O–H groups in total. The molecule has 0 radical (unpaired) electrons. The summed E-state index contributed by atoms with van der Waals surface area (Å²) in [6, 6.07) is 5.50. The second-order valence-corrected chi connectivity index (χ2v) is 4.25. The van der Waals surface area contributed by atoms with E-state index in [1.807, 2.05) is 24.5 Å². The number of nitrogens with zero attached hydrogens (tertiary/aromatic N) is 1. The zero-order valence-electron chi connectivity index (χ0n) is 9.20. The van der Waals surface area contributed by atoms with Crippen LogP contribution in [0.15, 0.2) is 36.0 Å². The van der Waals surface area contributed by atoms with E-state index in [0.29, 0.717) is 4.88 Å². The second-order valence-electron chi connectivity index (χ2n) is 3.34. The van der Waals surface area contributed by atoms with E-state index in [4.69, 9.17) is 5.11 Å². The lowest BCUT2D eigenvalue weighted by Gasteiger charge is -2.05. The van der Waals surface area contributed by atoms with Gasteiger partial charge in [0.15, 0.2) is 6.61 Å². The van der Waals surface area contributed by atoms with Gasteiger partial charge in [-0.1, -0.05) is 0 Å². The molecule has 2 aromatic rings. The first-order valence-corrected chi connectivity index (χ1v) is 5.91. The van der Waals surface area contributed by atoms with Crippen molar-refractivity contribution in [2.45, 2.75) is 0 Å². The lowest BCUT2D eigenvalue weighted by atomic mass is 10.3. The maximum absolute atomic E-state index is 11.8. The maximum atomic E-state index is 11.8. The van der Waals surface area contributed by atoms with E-state index in [-0.39, 0.29) is 0 Å². The van der Waals surface area contributed by atoms with Gasteiger partial charge >= 0.3 is 5.97 Å². The Morgan fingerprint density at radius 2 is 2.11 bits per heavy atom. The zero-order valence-corrected chi connectivity index (χ0v) is 10.0. The molecule has 0 spiro atoms. The summed E-state index contributed by atoms with van der Waals surface area (Å²) >= 11 is 1.25. The summed E-state index contributed by atoms with van der Waals surface area (Å²) in [5, 5.41) is 10.2. The van der Waals surface area contributed by atoms with Crippen LogP contribution in [0.5, 0.6) is 0 Å². The number of aliphatic carboxylic acids is 1. The third-order valence-corrected chi connectivity index (χ3v) is 3.00. The van der Waals surface area contributed by atoms with E-state index in [1.165, 1.54) is 11.3 Å². The van der Waals surface area contributed by atoms with Crippen molar-refractivity contribution < 1.29 is 19.5 Å². The molecule has 0 unspecified atom stereocenters. The largest absolute Gasteiger partial charge is 0.479 e. The molecule has 2 aromatic heterocycles. The van der Waals surface area contributed by atoms with Crippen LogP contribution in [0.2, 0.25) is 0 Å². The van der Waals surface area contributed by atoms with Gasteiger partial charge in [-0.05, 0) is 23.6 Å². The Morgan fingerprint density at radius 3 is 2.78 bits per heavy atom. The fourth-order valence-electron chi connectivity index (χ4n) is 1.38. The number of carbonyl (C=O) groups is 2. The molecule has 0 atom stereocenters. The van der Waals surface area contributed by atoms with Crippen LogP contribution in [0.1, 0.15) is 9.67 Å². The van der Waals surface area contributed by atoms with Gasteiger partial charge < -0.3 is 9.67 Å². The predicted octanol–water partition coefficient (Wildman–Crippen LogP) is 1.28. The van der Waals surface area contributed by atoms with Gasteiger partial charge in [0.2, 0.25) is 0 Å². The van der Waals surface area contributed by atoms with E-state index < -0.39 is 18.5 Å². The number of aromatic nitrogens is 1. The van der Waals surface area contributed by atoms with Crippen LogP contribution in [-0.2, 0) is 9.63 Å². The molecule has 7 heteroatoms. The van der Waals surface area contributed by atoms with Gasteiger partial charge in [0, 0.05) is 12.4 Å². The summed E-state index contributed by atoms with van der Waals surface area (Å²) in [4.78, 5) is 27.0. The predicted molar refractivity (Wildman–Crippen MR) is 64.7 cm³/mol.